The lowest BCUT2D eigenvalue weighted by atomic mass is 10.2. The van der Waals surface area contributed by atoms with Crippen LogP contribution < -0.4 is 5.73 Å². The Morgan fingerprint density at radius 1 is 1.50 bits per heavy atom. The van der Waals surface area contributed by atoms with Crippen molar-refractivity contribution in [2.45, 2.75) is 19.4 Å². The van der Waals surface area contributed by atoms with Crippen LogP contribution in [0.1, 0.15) is 12.6 Å². The first-order valence-electron chi connectivity index (χ1n) is 4.68. The Morgan fingerprint density at radius 2 is 2.29 bits per heavy atom. The number of benzene rings is 1. The first-order chi connectivity index (χ1) is 6.66. The predicted octanol–water partition coefficient (Wildman–Crippen LogP) is 2.71. The molecule has 2 rings (SSSR count). The molecule has 1 aromatic heterocycles. The maximum Gasteiger partial charge on any atom is 0.0647 e. The number of hydrogen-bond acceptors (Lipinski definition) is 1. The van der Waals surface area contributed by atoms with E-state index in [0.29, 0.717) is 0 Å². The fourth-order valence-corrected chi connectivity index (χ4v) is 1.86. The van der Waals surface area contributed by atoms with Crippen LogP contribution in [-0.2, 0) is 6.42 Å². The van der Waals surface area contributed by atoms with Crippen LogP contribution in [0.5, 0.6) is 0 Å². The molecule has 3 heteroatoms. The van der Waals surface area contributed by atoms with Crippen molar-refractivity contribution >= 4 is 22.5 Å². The van der Waals surface area contributed by atoms with Crippen molar-refractivity contribution in [1.82, 2.24) is 4.98 Å². The molecule has 1 atom stereocenters. The van der Waals surface area contributed by atoms with Gasteiger partial charge in [-0.2, -0.15) is 0 Å². The number of rotatable bonds is 2. The first-order valence-corrected chi connectivity index (χ1v) is 5.06. The van der Waals surface area contributed by atoms with Gasteiger partial charge in [0.1, 0.15) is 0 Å². The molecule has 2 aromatic rings. The molecule has 2 nitrogen and oxygen atoms in total. The molecular weight excluding hydrogens is 196 g/mol. The van der Waals surface area contributed by atoms with E-state index in [-0.39, 0.29) is 6.04 Å². The molecule has 0 amide bonds. The summed E-state index contributed by atoms with van der Waals surface area (Å²) < 4.78 is 0. The molecule has 0 aliphatic carbocycles. The van der Waals surface area contributed by atoms with Gasteiger partial charge in [-0.3, -0.25) is 0 Å². The van der Waals surface area contributed by atoms with Gasteiger partial charge in [0.15, 0.2) is 0 Å². The van der Waals surface area contributed by atoms with Gasteiger partial charge in [0.25, 0.3) is 0 Å². The van der Waals surface area contributed by atoms with Crippen molar-refractivity contribution < 1.29 is 0 Å². The van der Waals surface area contributed by atoms with Crippen LogP contribution >= 0.6 is 11.6 Å². The molecular formula is C11H13ClN2. The number of aromatic nitrogens is 1. The average Bonchev–Trinajstić information content (AvgIpc) is 2.47. The zero-order valence-corrected chi connectivity index (χ0v) is 8.81. The molecule has 1 unspecified atom stereocenters. The third kappa shape index (κ3) is 1.76. The number of H-pyrrole nitrogens is 1. The van der Waals surface area contributed by atoms with E-state index in [1.54, 1.807) is 0 Å². The van der Waals surface area contributed by atoms with Crippen LogP contribution in [0.25, 0.3) is 10.9 Å². The normalized spacial score (nSPS) is 13.4. The lowest BCUT2D eigenvalue weighted by Crippen LogP contribution is -2.17. The van der Waals surface area contributed by atoms with Gasteiger partial charge in [0.2, 0.25) is 0 Å². The van der Waals surface area contributed by atoms with E-state index in [9.17, 15) is 0 Å². The smallest absolute Gasteiger partial charge is 0.0647 e. The van der Waals surface area contributed by atoms with Crippen molar-refractivity contribution in [2.75, 3.05) is 0 Å². The summed E-state index contributed by atoms with van der Waals surface area (Å²) in [6.45, 7) is 1.99. The molecule has 0 fully saturated rings. The van der Waals surface area contributed by atoms with E-state index in [0.717, 1.165) is 28.0 Å². The van der Waals surface area contributed by atoms with Crippen LogP contribution in [-0.4, -0.2) is 11.0 Å². The van der Waals surface area contributed by atoms with E-state index >= 15 is 0 Å². The summed E-state index contributed by atoms with van der Waals surface area (Å²) >= 11 is 6.04. The topological polar surface area (TPSA) is 41.8 Å². The molecule has 0 aliphatic rings. The molecule has 0 bridgehead atoms. The van der Waals surface area contributed by atoms with E-state index in [1.165, 1.54) is 0 Å². The van der Waals surface area contributed by atoms with Crippen LogP contribution in [0, 0.1) is 0 Å². The van der Waals surface area contributed by atoms with Crippen molar-refractivity contribution in [2.24, 2.45) is 5.73 Å². The molecule has 0 radical (unpaired) electrons. The lowest BCUT2D eigenvalue weighted by molar-refractivity contribution is 0.727. The van der Waals surface area contributed by atoms with Crippen molar-refractivity contribution in [3.05, 3.63) is 35.0 Å². The van der Waals surface area contributed by atoms with Crippen molar-refractivity contribution in [1.29, 1.82) is 0 Å². The van der Waals surface area contributed by atoms with E-state index in [2.05, 4.69) is 11.1 Å². The molecule has 14 heavy (non-hydrogen) atoms. The number of halogens is 1. The maximum atomic E-state index is 6.04. The Labute approximate surface area is 88.1 Å². The minimum atomic E-state index is 0.168. The number of nitrogens with two attached hydrogens (primary N) is 1. The molecule has 1 aromatic carbocycles. The molecule has 0 saturated heterocycles. The number of hydrogen-bond donors (Lipinski definition) is 2. The van der Waals surface area contributed by atoms with Gasteiger partial charge in [-0.15, -0.1) is 0 Å². The zero-order chi connectivity index (χ0) is 10.1. The molecule has 0 aliphatic heterocycles. The summed E-state index contributed by atoms with van der Waals surface area (Å²) in [6, 6.07) is 8.15. The summed E-state index contributed by atoms with van der Waals surface area (Å²) in [6.07, 6.45) is 0.852. The Balaban J connectivity index is 2.46. The van der Waals surface area contributed by atoms with Gasteiger partial charge >= 0.3 is 0 Å². The van der Waals surface area contributed by atoms with Crippen LogP contribution in [0.3, 0.4) is 0 Å². The average molecular weight is 209 g/mol. The Bertz CT molecular complexity index is 445. The summed E-state index contributed by atoms with van der Waals surface area (Å²) in [5.74, 6) is 0. The van der Waals surface area contributed by atoms with Crippen molar-refractivity contribution in [3.63, 3.8) is 0 Å². The quantitative estimate of drug-likeness (QED) is 0.783. The highest BCUT2D eigenvalue weighted by Gasteiger charge is 2.04. The summed E-state index contributed by atoms with van der Waals surface area (Å²) in [5.41, 5.74) is 7.88. The molecule has 0 spiro atoms. The monoisotopic (exact) mass is 208 g/mol. The third-order valence-corrected chi connectivity index (χ3v) is 2.52. The fraction of sp³-hybridized carbons (Fsp3) is 0.273. The highest BCUT2D eigenvalue weighted by Crippen LogP contribution is 2.23. The molecule has 1 heterocycles. The van der Waals surface area contributed by atoms with Gasteiger partial charge in [-0.05, 0) is 19.1 Å². The maximum absolute atomic E-state index is 6.04. The van der Waals surface area contributed by atoms with Crippen LogP contribution in [0.15, 0.2) is 24.3 Å². The van der Waals surface area contributed by atoms with Gasteiger partial charge in [0.05, 0.1) is 10.5 Å². The fourth-order valence-electron chi connectivity index (χ4n) is 1.63. The van der Waals surface area contributed by atoms with Gasteiger partial charge in [-0.1, -0.05) is 23.7 Å². The Hall–Kier alpha value is -0.990. The minimum absolute atomic E-state index is 0.168. The summed E-state index contributed by atoms with van der Waals surface area (Å²) in [5, 5.41) is 1.91. The zero-order valence-electron chi connectivity index (χ0n) is 8.05. The second-order valence-corrected chi connectivity index (χ2v) is 4.09. The molecule has 0 saturated carbocycles. The number of para-hydroxylation sites is 1. The van der Waals surface area contributed by atoms with E-state index < -0.39 is 0 Å². The third-order valence-electron chi connectivity index (χ3n) is 2.20. The van der Waals surface area contributed by atoms with Gasteiger partial charge in [0, 0.05) is 23.5 Å². The van der Waals surface area contributed by atoms with Crippen molar-refractivity contribution in [3.8, 4) is 0 Å². The lowest BCUT2D eigenvalue weighted by Gasteiger charge is -2.00. The number of nitrogens with one attached hydrogen (secondary N) is 1. The second kappa shape index (κ2) is 3.64. The van der Waals surface area contributed by atoms with Gasteiger partial charge in [-0.25, -0.2) is 0 Å². The summed E-state index contributed by atoms with van der Waals surface area (Å²) in [4.78, 5) is 3.28. The highest BCUT2D eigenvalue weighted by molar-refractivity contribution is 6.35. The molecule has 74 valence electrons. The van der Waals surface area contributed by atoms with Gasteiger partial charge < -0.3 is 10.7 Å². The Morgan fingerprint density at radius 3 is 2.93 bits per heavy atom. The van der Waals surface area contributed by atoms with E-state index in [1.807, 2.05) is 25.1 Å². The number of fused-ring (bicyclic) bond motifs is 1. The summed E-state index contributed by atoms with van der Waals surface area (Å²) in [7, 11) is 0. The predicted molar refractivity (Wildman–Crippen MR) is 60.7 cm³/mol. The van der Waals surface area contributed by atoms with Crippen LogP contribution in [0.2, 0.25) is 5.02 Å². The molecule has 3 N–H and O–H groups in total. The second-order valence-electron chi connectivity index (χ2n) is 3.68. The first kappa shape index (κ1) is 9.56. The Kier molecular flexibility index (Phi) is 2.48. The largest absolute Gasteiger partial charge is 0.357 e. The standard InChI is InChI=1S/C11H13ClN2/c1-7(13)5-9-6-8-3-2-4-10(12)11(8)14-9/h2-4,6-7,14H,5,13H2,1H3. The number of aromatic amines is 1. The SMILES string of the molecule is CC(N)Cc1cc2cccc(Cl)c2[nH]1. The van der Waals surface area contributed by atoms with E-state index in [4.69, 9.17) is 17.3 Å². The van der Waals surface area contributed by atoms with Crippen LogP contribution in [0.4, 0.5) is 0 Å². The highest BCUT2D eigenvalue weighted by atomic mass is 35.5. The minimum Gasteiger partial charge on any atom is -0.357 e.